The van der Waals surface area contributed by atoms with E-state index >= 15 is 0 Å². The van der Waals surface area contributed by atoms with Gasteiger partial charge in [-0.2, -0.15) is 13.2 Å². The number of hydrogen-bond donors (Lipinski definition) is 0. The largest absolute Gasteiger partial charge is 0.456 e. The fourth-order valence-corrected chi connectivity index (χ4v) is 0.791. The van der Waals surface area contributed by atoms with Crippen molar-refractivity contribution in [3.63, 3.8) is 0 Å². The molecular formula is C10H13F3O2. The zero-order valence-corrected chi connectivity index (χ0v) is 8.22. The molecule has 0 amide bonds. The lowest BCUT2D eigenvalue weighted by Gasteiger charge is -2.06. The lowest BCUT2D eigenvalue weighted by molar-refractivity contribution is -0.186. The maximum atomic E-state index is 11.6. The summed E-state index contributed by atoms with van der Waals surface area (Å²) in [5.41, 5.74) is 0. The van der Waals surface area contributed by atoms with E-state index in [1.54, 1.807) is 18.2 Å². The highest BCUT2D eigenvalue weighted by Gasteiger charge is 2.29. The van der Waals surface area contributed by atoms with Gasteiger partial charge in [0.1, 0.15) is 0 Å². The van der Waals surface area contributed by atoms with Crippen LogP contribution >= 0.6 is 0 Å². The minimum atomic E-state index is -4.45. The van der Waals surface area contributed by atoms with Gasteiger partial charge in [0.15, 0.2) is 6.61 Å². The molecule has 0 aliphatic carbocycles. The molecule has 2 nitrogen and oxygen atoms in total. The quantitative estimate of drug-likeness (QED) is 0.392. The molecule has 0 radical (unpaired) electrons. The third-order valence-electron chi connectivity index (χ3n) is 1.42. The van der Waals surface area contributed by atoms with Crippen LogP contribution < -0.4 is 0 Å². The van der Waals surface area contributed by atoms with Crippen LogP contribution in [0.5, 0.6) is 0 Å². The summed E-state index contributed by atoms with van der Waals surface area (Å²) in [6.07, 6.45) is 1.72. The molecule has 0 aromatic carbocycles. The van der Waals surface area contributed by atoms with Crippen molar-refractivity contribution >= 4 is 5.97 Å². The van der Waals surface area contributed by atoms with Crippen molar-refractivity contribution in [3.8, 4) is 0 Å². The van der Waals surface area contributed by atoms with Gasteiger partial charge in [-0.25, -0.2) is 0 Å². The van der Waals surface area contributed by atoms with Crippen molar-refractivity contribution in [1.82, 2.24) is 0 Å². The molecule has 15 heavy (non-hydrogen) atoms. The molecule has 0 rings (SSSR count). The van der Waals surface area contributed by atoms with Gasteiger partial charge in [0, 0.05) is 6.42 Å². The summed E-state index contributed by atoms with van der Waals surface area (Å²) in [7, 11) is 0. The second kappa shape index (κ2) is 7.09. The van der Waals surface area contributed by atoms with Gasteiger partial charge in [-0.05, 0) is 12.8 Å². The Hall–Kier alpha value is -1.26. The predicted molar refractivity (Wildman–Crippen MR) is 50.2 cm³/mol. The summed E-state index contributed by atoms with van der Waals surface area (Å²) in [5, 5.41) is 0. The molecule has 0 spiro atoms. The maximum Gasteiger partial charge on any atom is 0.422 e. The molecule has 0 aliphatic heterocycles. The molecule has 0 bridgehead atoms. The second-order valence-electron chi connectivity index (χ2n) is 2.83. The molecule has 5 heteroatoms. The first-order valence-corrected chi connectivity index (χ1v) is 4.45. The van der Waals surface area contributed by atoms with Gasteiger partial charge >= 0.3 is 12.1 Å². The molecule has 0 heterocycles. The number of hydrogen-bond acceptors (Lipinski definition) is 2. The van der Waals surface area contributed by atoms with Gasteiger partial charge in [0.25, 0.3) is 0 Å². The minimum absolute atomic E-state index is 0.00242. The molecule has 86 valence electrons. The highest BCUT2D eigenvalue weighted by atomic mass is 19.4. The van der Waals surface area contributed by atoms with Crippen molar-refractivity contribution < 1.29 is 22.7 Å². The Morgan fingerprint density at radius 2 is 2.07 bits per heavy atom. The van der Waals surface area contributed by atoms with Crippen LogP contribution in [0.15, 0.2) is 24.8 Å². The highest BCUT2D eigenvalue weighted by molar-refractivity contribution is 5.69. The number of allylic oxidation sites excluding steroid dienone is 3. The highest BCUT2D eigenvalue weighted by Crippen LogP contribution is 2.15. The number of carbonyl (C=O) groups excluding carboxylic acids is 1. The molecule has 0 fully saturated rings. The summed E-state index contributed by atoms with van der Waals surface area (Å²) in [4.78, 5) is 10.8. The van der Waals surface area contributed by atoms with Gasteiger partial charge in [-0.3, -0.25) is 4.79 Å². The van der Waals surface area contributed by atoms with Crippen molar-refractivity contribution in [1.29, 1.82) is 0 Å². The van der Waals surface area contributed by atoms with Crippen molar-refractivity contribution in [2.24, 2.45) is 0 Å². The average Bonchev–Trinajstić information content (AvgIpc) is 2.13. The Kier molecular flexibility index (Phi) is 6.49. The number of ether oxygens (including phenoxy) is 1. The minimum Gasteiger partial charge on any atom is -0.456 e. The fraction of sp³-hybridized carbons (Fsp3) is 0.500. The van der Waals surface area contributed by atoms with Gasteiger partial charge in [0.2, 0.25) is 0 Å². The lowest BCUT2D eigenvalue weighted by atomic mass is 10.2. The number of alkyl halides is 3. The number of rotatable bonds is 6. The summed E-state index contributed by atoms with van der Waals surface area (Å²) in [5.74, 6) is -0.820. The van der Waals surface area contributed by atoms with Crippen molar-refractivity contribution in [2.75, 3.05) is 6.61 Å². The summed E-state index contributed by atoms with van der Waals surface area (Å²) in [6.45, 7) is 1.94. The van der Waals surface area contributed by atoms with E-state index < -0.39 is 18.8 Å². The smallest absolute Gasteiger partial charge is 0.422 e. The van der Waals surface area contributed by atoms with Crippen LogP contribution in [-0.4, -0.2) is 18.8 Å². The Labute approximate surface area is 86.4 Å². The Morgan fingerprint density at radius 1 is 1.40 bits per heavy atom. The molecular weight excluding hydrogens is 209 g/mol. The molecule has 0 aromatic heterocycles. The number of esters is 1. The van der Waals surface area contributed by atoms with E-state index in [-0.39, 0.29) is 6.42 Å². The van der Waals surface area contributed by atoms with Gasteiger partial charge in [-0.15, -0.1) is 0 Å². The van der Waals surface area contributed by atoms with Crippen molar-refractivity contribution in [2.45, 2.75) is 25.4 Å². The summed E-state index contributed by atoms with van der Waals surface area (Å²) < 4.78 is 38.8. The molecule has 0 saturated heterocycles. The SMILES string of the molecule is C=CC=CCCCC(=O)OCC(F)(F)F. The summed E-state index contributed by atoms with van der Waals surface area (Å²) >= 11 is 0. The standard InChI is InChI=1S/C10H13F3O2/c1-2-3-4-5-6-7-9(14)15-8-10(11,12)13/h2-4H,1,5-8H2. The fourth-order valence-electron chi connectivity index (χ4n) is 0.791. The first-order chi connectivity index (χ1) is 6.95. The van der Waals surface area contributed by atoms with Gasteiger partial charge in [0.05, 0.1) is 0 Å². The van der Waals surface area contributed by atoms with E-state index in [4.69, 9.17) is 0 Å². The average molecular weight is 222 g/mol. The second-order valence-corrected chi connectivity index (χ2v) is 2.83. The third-order valence-corrected chi connectivity index (χ3v) is 1.42. The molecule has 0 atom stereocenters. The number of unbranched alkanes of at least 4 members (excludes halogenated alkanes) is 1. The number of carbonyl (C=O) groups is 1. The first-order valence-electron chi connectivity index (χ1n) is 4.45. The van der Waals surface area contributed by atoms with Crippen LogP contribution in [-0.2, 0) is 9.53 Å². The van der Waals surface area contributed by atoms with Crippen LogP contribution in [0.25, 0.3) is 0 Å². The molecule has 0 aromatic rings. The lowest BCUT2D eigenvalue weighted by Crippen LogP contribution is -2.20. The van der Waals surface area contributed by atoms with E-state index in [1.165, 1.54) is 0 Å². The Balaban J connectivity index is 3.50. The van der Waals surface area contributed by atoms with Crippen LogP contribution in [0.3, 0.4) is 0 Å². The van der Waals surface area contributed by atoms with Crippen molar-refractivity contribution in [3.05, 3.63) is 24.8 Å². The van der Waals surface area contributed by atoms with E-state index in [2.05, 4.69) is 11.3 Å². The molecule has 0 aliphatic rings. The van der Waals surface area contributed by atoms with Crippen LogP contribution in [0, 0.1) is 0 Å². The third kappa shape index (κ3) is 10.7. The van der Waals surface area contributed by atoms with E-state index in [0.29, 0.717) is 12.8 Å². The Bertz CT molecular complexity index is 231. The van der Waals surface area contributed by atoms with Gasteiger partial charge < -0.3 is 4.74 Å². The van der Waals surface area contributed by atoms with E-state index in [1.807, 2.05) is 0 Å². The van der Waals surface area contributed by atoms with Gasteiger partial charge in [-0.1, -0.05) is 24.8 Å². The molecule has 0 unspecified atom stereocenters. The van der Waals surface area contributed by atoms with E-state index in [9.17, 15) is 18.0 Å². The van der Waals surface area contributed by atoms with Crippen LogP contribution in [0.1, 0.15) is 19.3 Å². The monoisotopic (exact) mass is 222 g/mol. The zero-order chi connectivity index (χ0) is 11.7. The number of halogens is 3. The zero-order valence-electron chi connectivity index (χ0n) is 8.22. The molecule has 0 saturated carbocycles. The maximum absolute atomic E-state index is 11.6. The first kappa shape index (κ1) is 13.7. The predicted octanol–water partition coefficient (Wildman–Crippen LogP) is 3.00. The summed E-state index contributed by atoms with van der Waals surface area (Å²) in [6, 6.07) is 0. The topological polar surface area (TPSA) is 26.3 Å². The molecule has 0 N–H and O–H groups in total. The normalized spacial score (nSPS) is 11.7. The Morgan fingerprint density at radius 3 is 2.60 bits per heavy atom. The van der Waals surface area contributed by atoms with Crippen LogP contribution in [0.4, 0.5) is 13.2 Å². The van der Waals surface area contributed by atoms with E-state index in [0.717, 1.165) is 0 Å². The van der Waals surface area contributed by atoms with Crippen LogP contribution in [0.2, 0.25) is 0 Å².